The fraction of sp³-hybridized carbons (Fsp3) is 0.429. The summed E-state index contributed by atoms with van der Waals surface area (Å²) in [5.74, 6) is 0.545. The van der Waals surface area contributed by atoms with E-state index in [1.54, 1.807) is 16.2 Å². The Labute approximate surface area is 121 Å². The van der Waals surface area contributed by atoms with Crippen LogP contribution in [0.2, 0.25) is 0 Å². The van der Waals surface area contributed by atoms with E-state index in [1.165, 1.54) is 11.3 Å². The van der Waals surface area contributed by atoms with E-state index < -0.39 is 0 Å². The predicted octanol–water partition coefficient (Wildman–Crippen LogP) is 3.91. The highest BCUT2D eigenvalue weighted by Gasteiger charge is 2.20. The fourth-order valence-corrected chi connectivity index (χ4v) is 3.68. The molecule has 5 heteroatoms. The van der Waals surface area contributed by atoms with Gasteiger partial charge in [-0.3, -0.25) is 4.79 Å². The summed E-state index contributed by atoms with van der Waals surface area (Å²) in [6.07, 6.45) is 0. The van der Waals surface area contributed by atoms with Crippen molar-refractivity contribution in [3.05, 3.63) is 27.4 Å². The molecule has 0 atom stereocenters. The van der Waals surface area contributed by atoms with E-state index in [0.717, 1.165) is 27.7 Å². The Kier molecular flexibility index (Phi) is 4.37. The third kappa shape index (κ3) is 3.22. The van der Waals surface area contributed by atoms with Crippen molar-refractivity contribution < 1.29 is 4.79 Å². The van der Waals surface area contributed by atoms with Crippen molar-refractivity contribution in [2.45, 2.75) is 20.8 Å². The van der Waals surface area contributed by atoms with Crippen molar-refractivity contribution in [1.82, 2.24) is 9.88 Å². The Morgan fingerprint density at radius 1 is 1.47 bits per heavy atom. The lowest BCUT2D eigenvalue weighted by molar-refractivity contribution is 0.0783. The van der Waals surface area contributed by atoms with E-state index >= 15 is 0 Å². The molecule has 3 nitrogen and oxygen atoms in total. The summed E-state index contributed by atoms with van der Waals surface area (Å²) in [5.41, 5.74) is 1.93. The lowest BCUT2D eigenvalue weighted by atomic mass is 10.2. The number of carbonyl (C=O) groups is 1. The van der Waals surface area contributed by atoms with Gasteiger partial charge < -0.3 is 4.90 Å². The first kappa shape index (κ1) is 14.2. The Bertz CT molecular complexity index is 558. The second-order valence-electron chi connectivity index (χ2n) is 5.03. The molecule has 0 saturated heterocycles. The minimum absolute atomic E-state index is 0.0742. The van der Waals surface area contributed by atoms with Crippen LogP contribution in [0.3, 0.4) is 0 Å². The van der Waals surface area contributed by atoms with Crippen molar-refractivity contribution >= 4 is 28.6 Å². The van der Waals surface area contributed by atoms with Gasteiger partial charge in [-0.1, -0.05) is 13.8 Å². The summed E-state index contributed by atoms with van der Waals surface area (Å²) in [6.45, 7) is 6.90. The number of amides is 1. The zero-order valence-electron chi connectivity index (χ0n) is 11.6. The van der Waals surface area contributed by atoms with Gasteiger partial charge in [-0.25, -0.2) is 4.98 Å². The molecule has 0 radical (unpaired) electrons. The molecule has 2 aromatic rings. The predicted molar refractivity (Wildman–Crippen MR) is 82.0 cm³/mol. The molecule has 2 heterocycles. The zero-order chi connectivity index (χ0) is 14.0. The van der Waals surface area contributed by atoms with Crippen LogP contribution in [0.5, 0.6) is 0 Å². The maximum atomic E-state index is 12.4. The molecule has 0 aliphatic rings. The lowest BCUT2D eigenvalue weighted by Crippen LogP contribution is -2.30. The first-order valence-electron chi connectivity index (χ1n) is 6.24. The Hall–Kier alpha value is -1.20. The maximum absolute atomic E-state index is 12.4. The SMILES string of the molecule is Cc1nc(-c2ccsc2)sc1C(=O)N(C)CC(C)C. The highest BCUT2D eigenvalue weighted by atomic mass is 32.1. The number of rotatable bonds is 4. The van der Waals surface area contributed by atoms with Crippen LogP contribution in [0.1, 0.15) is 29.2 Å². The summed E-state index contributed by atoms with van der Waals surface area (Å²) in [7, 11) is 1.85. The van der Waals surface area contributed by atoms with E-state index in [4.69, 9.17) is 0 Å². The first-order valence-corrected chi connectivity index (χ1v) is 8.00. The minimum Gasteiger partial charge on any atom is -0.341 e. The molecule has 102 valence electrons. The molecule has 0 unspecified atom stereocenters. The lowest BCUT2D eigenvalue weighted by Gasteiger charge is -2.18. The number of hydrogen-bond acceptors (Lipinski definition) is 4. The summed E-state index contributed by atoms with van der Waals surface area (Å²) in [6, 6.07) is 2.04. The molecule has 0 spiro atoms. The van der Waals surface area contributed by atoms with Gasteiger partial charge in [0.1, 0.15) is 9.88 Å². The number of thiazole rings is 1. The minimum atomic E-state index is 0.0742. The summed E-state index contributed by atoms with van der Waals surface area (Å²) in [4.78, 5) is 19.4. The smallest absolute Gasteiger partial charge is 0.265 e. The number of carbonyl (C=O) groups excluding carboxylic acids is 1. The van der Waals surface area contributed by atoms with Crippen molar-refractivity contribution in [2.75, 3.05) is 13.6 Å². The Morgan fingerprint density at radius 2 is 2.21 bits per heavy atom. The average Bonchev–Trinajstić information content (AvgIpc) is 2.95. The van der Waals surface area contributed by atoms with Gasteiger partial charge in [0.2, 0.25) is 0 Å². The largest absolute Gasteiger partial charge is 0.341 e. The van der Waals surface area contributed by atoms with Gasteiger partial charge in [-0.2, -0.15) is 11.3 Å². The molecule has 0 saturated carbocycles. The van der Waals surface area contributed by atoms with Crippen molar-refractivity contribution in [3.8, 4) is 10.6 Å². The normalized spacial score (nSPS) is 11.0. The monoisotopic (exact) mass is 294 g/mol. The van der Waals surface area contributed by atoms with Gasteiger partial charge in [0.05, 0.1) is 5.69 Å². The van der Waals surface area contributed by atoms with Crippen LogP contribution in [0, 0.1) is 12.8 Å². The molecule has 0 bridgehead atoms. The second-order valence-corrected chi connectivity index (χ2v) is 6.80. The average molecular weight is 294 g/mol. The fourth-order valence-electron chi connectivity index (χ4n) is 1.91. The standard InChI is InChI=1S/C14H18N2OS2/c1-9(2)7-16(4)14(17)12-10(3)15-13(19-12)11-5-6-18-8-11/h5-6,8-9H,7H2,1-4H3. The highest BCUT2D eigenvalue weighted by molar-refractivity contribution is 7.17. The zero-order valence-corrected chi connectivity index (χ0v) is 13.3. The molecule has 0 aliphatic heterocycles. The Morgan fingerprint density at radius 3 is 2.79 bits per heavy atom. The summed E-state index contributed by atoms with van der Waals surface area (Å²) < 4.78 is 0. The quantitative estimate of drug-likeness (QED) is 0.856. The molecular weight excluding hydrogens is 276 g/mol. The third-order valence-corrected chi connectivity index (χ3v) is 4.62. The van der Waals surface area contributed by atoms with Crippen LogP contribution in [0.25, 0.3) is 10.6 Å². The van der Waals surface area contributed by atoms with Crippen LogP contribution >= 0.6 is 22.7 Å². The molecule has 0 aromatic carbocycles. The molecule has 0 N–H and O–H groups in total. The van der Waals surface area contributed by atoms with E-state index in [1.807, 2.05) is 25.4 Å². The van der Waals surface area contributed by atoms with E-state index in [2.05, 4.69) is 24.2 Å². The topological polar surface area (TPSA) is 33.2 Å². The van der Waals surface area contributed by atoms with Crippen LogP contribution in [-0.2, 0) is 0 Å². The molecule has 0 fully saturated rings. The van der Waals surface area contributed by atoms with Gasteiger partial charge in [0.15, 0.2) is 0 Å². The molecule has 19 heavy (non-hydrogen) atoms. The number of nitrogens with zero attached hydrogens (tertiary/aromatic N) is 2. The third-order valence-electron chi connectivity index (χ3n) is 2.74. The van der Waals surface area contributed by atoms with E-state index in [9.17, 15) is 4.79 Å². The second kappa shape index (κ2) is 5.84. The van der Waals surface area contributed by atoms with Gasteiger partial charge >= 0.3 is 0 Å². The van der Waals surface area contributed by atoms with Crippen LogP contribution in [-0.4, -0.2) is 29.4 Å². The molecule has 2 aromatic heterocycles. The van der Waals surface area contributed by atoms with Crippen molar-refractivity contribution in [1.29, 1.82) is 0 Å². The molecule has 0 aliphatic carbocycles. The van der Waals surface area contributed by atoms with Gasteiger partial charge in [0, 0.05) is 24.5 Å². The van der Waals surface area contributed by atoms with E-state index in [-0.39, 0.29) is 5.91 Å². The molecular formula is C14H18N2OS2. The van der Waals surface area contributed by atoms with Gasteiger partial charge in [0.25, 0.3) is 5.91 Å². The number of aryl methyl sites for hydroxylation is 1. The summed E-state index contributed by atoms with van der Waals surface area (Å²) in [5, 5.41) is 5.02. The number of hydrogen-bond donors (Lipinski definition) is 0. The molecule has 2 rings (SSSR count). The van der Waals surface area contributed by atoms with Gasteiger partial charge in [-0.05, 0) is 24.3 Å². The maximum Gasteiger partial charge on any atom is 0.265 e. The summed E-state index contributed by atoms with van der Waals surface area (Å²) >= 11 is 3.13. The van der Waals surface area contributed by atoms with Crippen LogP contribution in [0.15, 0.2) is 16.8 Å². The molecule has 1 amide bonds. The van der Waals surface area contributed by atoms with Crippen molar-refractivity contribution in [3.63, 3.8) is 0 Å². The van der Waals surface area contributed by atoms with E-state index in [0.29, 0.717) is 5.92 Å². The van der Waals surface area contributed by atoms with Crippen LogP contribution < -0.4 is 0 Å². The van der Waals surface area contributed by atoms with Gasteiger partial charge in [-0.15, -0.1) is 11.3 Å². The number of thiophene rings is 1. The highest BCUT2D eigenvalue weighted by Crippen LogP contribution is 2.30. The van der Waals surface area contributed by atoms with Crippen molar-refractivity contribution in [2.24, 2.45) is 5.92 Å². The van der Waals surface area contributed by atoms with Crippen LogP contribution in [0.4, 0.5) is 0 Å². The number of aromatic nitrogens is 1. The Balaban J connectivity index is 2.23. The first-order chi connectivity index (χ1) is 8.99.